The fourth-order valence-corrected chi connectivity index (χ4v) is 3.33. The van der Waals surface area contributed by atoms with Crippen molar-refractivity contribution in [3.8, 4) is 0 Å². The van der Waals surface area contributed by atoms with E-state index in [2.05, 4.69) is 39.8 Å². The molecular weight excluding hydrogens is 302 g/mol. The first-order valence-electron chi connectivity index (χ1n) is 8.65. The lowest BCUT2D eigenvalue weighted by atomic mass is 10.1. The molecule has 1 aliphatic heterocycles. The fourth-order valence-electron chi connectivity index (χ4n) is 3.33. The van der Waals surface area contributed by atoms with Crippen LogP contribution in [0.5, 0.6) is 0 Å². The standard InChI is InChI=1S/C18H27N5O/c1-15-18(16(2)23(20-15)11-12-24)14-22-9-7-21(8-10-22)13-17-5-3-4-6-19-17/h3-6,24H,7-14H2,1-2H3. The highest BCUT2D eigenvalue weighted by atomic mass is 16.3. The molecule has 0 aliphatic carbocycles. The monoisotopic (exact) mass is 329 g/mol. The van der Waals surface area contributed by atoms with Gasteiger partial charge < -0.3 is 5.11 Å². The van der Waals surface area contributed by atoms with Crippen LogP contribution < -0.4 is 0 Å². The number of aliphatic hydroxyl groups excluding tert-OH is 1. The molecule has 1 aliphatic rings. The van der Waals surface area contributed by atoms with Gasteiger partial charge in [0.05, 0.1) is 24.5 Å². The molecule has 2 aromatic heterocycles. The molecule has 3 heterocycles. The maximum atomic E-state index is 9.13. The van der Waals surface area contributed by atoms with Crippen LogP contribution in [0.2, 0.25) is 0 Å². The maximum absolute atomic E-state index is 9.13. The molecule has 6 heteroatoms. The van der Waals surface area contributed by atoms with Gasteiger partial charge in [0.2, 0.25) is 0 Å². The summed E-state index contributed by atoms with van der Waals surface area (Å²) in [6.07, 6.45) is 1.86. The summed E-state index contributed by atoms with van der Waals surface area (Å²) < 4.78 is 1.92. The zero-order chi connectivity index (χ0) is 16.9. The van der Waals surface area contributed by atoms with Gasteiger partial charge in [0.25, 0.3) is 0 Å². The van der Waals surface area contributed by atoms with E-state index in [1.165, 1.54) is 11.3 Å². The van der Waals surface area contributed by atoms with E-state index >= 15 is 0 Å². The molecule has 0 aromatic carbocycles. The topological polar surface area (TPSA) is 57.4 Å². The second-order valence-corrected chi connectivity index (χ2v) is 6.47. The number of hydrogen-bond acceptors (Lipinski definition) is 5. The molecule has 0 amide bonds. The van der Waals surface area contributed by atoms with Crippen molar-refractivity contribution in [1.29, 1.82) is 0 Å². The number of aliphatic hydroxyl groups is 1. The minimum absolute atomic E-state index is 0.133. The predicted octanol–water partition coefficient (Wildman–Crippen LogP) is 1.21. The summed E-state index contributed by atoms with van der Waals surface area (Å²) in [5.74, 6) is 0. The first-order valence-corrected chi connectivity index (χ1v) is 8.65. The summed E-state index contributed by atoms with van der Waals surface area (Å²) >= 11 is 0. The Hall–Kier alpha value is -1.76. The molecular formula is C18H27N5O. The van der Waals surface area contributed by atoms with Gasteiger partial charge in [-0.2, -0.15) is 5.10 Å². The lowest BCUT2D eigenvalue weighted by molar-refractivity contribution is 0.120. The second-order valence-electron chi connectivity index (χ2n) is 6.47. The van der Waals surface area contributed by atoms with Gasteiger partial charge in [-0.3, -0.25) is 19.5 Å². The quantitative estimate of drug-likeness (QED) is 0.863. The average molecular weight is 329 g/mol. The Morgan fingerprint density at radius 1 is 1.04 bits per heavy atom. The minimum Gasteiger partial charge on any atom is -0.394 e. The molecule has 2 aromatic rings. The molecule has 1 fully saturated rings. The maximum Gasteiger partial charge on any atom is 0.0644 e. The SMILES string of the molecule is Cc1nn(CCO)c(C)c1CN1CCN(Cc2ccccn2)CC1. The second kappa shape index (κ2) is 7.88. The number of aromatic nitrogens is 3. The number of aryl methyl sites for hydroxylation is 1. The van der Waals surface area contributed by atoms with E-state index in [1.54, 1.807) is 0 Å². The lowest BCUT2D eigenvalue weighted by Gasteiger charge is -2.34. The molecule has 0 atom stereocenters. The summed E-state index contributed by atoms with van der Waals surface area (Å²) in [5, 5.41) is 13.7. The Morgan fingerprint density at radius 2 is 1.75 bits per heavy atom. The van der Waals surface area contributed by atoms with Gasteiger partial charge in [-0.25, -0.2) is 0 Å². The lowest BCUT2D eigenvalue weighted by Crippen LogP contribution is -2.45. The van der Waals surface area contributed by atoms with Crippen LogP contribution in [0.1, 0.15) is 22.6 Å². The van der Waals surface area contributed by atoms with E-state index < -0.39 is 0 Å². The molecule has 0 bridgehead atoms. The summed E-state index contributed by atoms with van der Waals surface area (Å²) in [6, 6.07) is 6.10. The van der Waals surface area contributed by atoms with E-state index in [1.807, 2.05) is 23.0 Å². The number of piperazine rings is 1. The molecule has 24 heavy (non-hydrogen) atoms. The van der Waals surface area contributed by atoms with Crippen LogP contribution in [-0.4, -0.2) is 62.5 Å². The van der Waals surface area contributed by atoms with E-state index in [0.717, 1.165) is 50.7 Å². The number of nitrogens with zero attached hydrogens (tertiary/aromatic N) is 5. The van der Waals surface area contributed by atoms with Crippen molar-refractivity contribution in [2.75, 3.05) is 32.8 Å². The number of pyridine rings is 1. The van der Waals surface area contributed by atoms with E-state index in [4.69, 9.17) is 5.11 Å². The van der Waals surface area contributed by atoms with Crippen LogP contribution in [0.4, 0.5) is 0 Å². The van der Waals surface area contributed by atoms with Crippen LogP contribution in [0, 0.1) is 13.8 Å². The Bertz CT molecular complexity index is 647. The first-order chi connectivity index (χ1) is 11.7. The predicted molar refractivity (Wildman–Crippen MR) is 93.6 cm³/mol. The summed E-state index contributed by atoms with van der Waals surface area (Å²) in [4.78, 5) is 9.38. The third kappa shape index (κ3) is 4.01. The molecule has 0 spiro atoms. The van der Waals surface area contributed by atoms with E-state index in [9.17, 15) is 0 Å². The molecule has 1 saturated heterocycles. The minimum atomic E-state index is 0.133. The van der Waals surface area contributed by atoms with Gasteiger partial charge in [-0.05, 0) is 26.0 Å². The zero-order valence-electron chi connectivity index (χ0n) is 14.6. The Balaban J connectivity index is 1.54. The smallest absolute Gasteiger partial charge is 0.0644 e. The summed E-state index contributed by atoms with van der Waals surface area (Å²) in [5.41, 5.74) is 4.71. The molecule has 0 saturated carbocycles. The van der Waals surface area contributed by atoms with Crippen molar-refractivity contribution in [3.63, 3.8) is 0 Å². The van der Waals surface area contributed by atoms with E-state index in [-0.39, 0.29) is 6.61 Å². The Morgan fingerprint density at radius 3 is 2.38 bits per heavy atom. The Labute approximate surface area is 143 Å². The molecule has 0 unspecified atom stereocenters. The van der Waals surface area contributed by atoms with Crippen molar-refractivity contribution in [3.05, 3.63) is 47.0 Å². The highest BCUT2D eigenvalue weighted by Gasteiger charge is 2.20. The number of rotatable bonds is 6. The van der Waals surface area contributed by atoms with Gasteiger partial charge in [0.15, 0.2) is 0 Å². The van der Waals surface area contributed by atoms with E-state index in [0.29, 0.717) is 6.54 Å². The van der Waals surface area contributed by atoms with Crippen molar-refractivity contribution >= 4 is 0 Å². The number of hydrogen-bond donors (Lipinski definition) is 1. The highest BCUT2D eigenvalue weighted by molar-refractivity contribution is 5.24. The van der Waals surface area contributed by atoms with Gasteiger partial charge in [0.1, 0.15) is 0 Å². The van der Waals surface area contributed by atoms with Crippen LogP contribution in [0.15, 0.2) is 24.4 Å². The largest absolute Gasteiger partial charge is 0.394 e. The molecule has 0 radical (unpaired) electrons. The third-order valence-corrected chi connectivity index (χ3v) is 4.80. The van der Waals surface area contributed by atoms with Crippen LogP contribution in [0.25, 0.3) is 0 Å². The van der Waals surface area contributed by atoms with Crippen LogP contribution in [0.3, 0.4) is 0 Å². The molecule has 1 N–H and O–H groups in total. The molecule has 6 nitrogen and oxygen atoms in total. The zero-order valence-corrected chi connectivity index (χ0v) is 14.6. The Kier molecular flexibility index (Phi) is 5.60. The summed E-state index contributed by atoms with van der Waals surface area (Å²) in [7, 11) is 0. The molecule has 3 rings (SSSR count). The van der Waals surface area contributed by atoms with Crippen molar-refractivity contribution in [2.24, 2.45) is 0 Å². The van der Waals surface area contributed by atoms with Crippen molar-refractivity contribution in [2.45, 2.75) is 33.5 Å². The first kappa shape index (κ1) is 17.1. The van der Waals surface area contributed by atoms with Gasteiger partial charge >= 0.3 is 0 Å². The van der Waals surface area contributed by atoms with Crippen LogP contribution >= 0.6 is 0 Å². The third-order valence-electron chi connectivity index (χ3n) is 4.80. The summed E-state index contributed by atoms with van der Waals surface area (Å²) in [6.45, 7) is 11.0. The van der Waals surface area contributed by atoms with Crippen molar-refractivity contribution < 1.29 is 5.11 Å². The van der Waals surface area contributed by atoms with Gasteiger partial charge in [-0.1, -0.05) is 6.07 Å². The normalized spacial score (nSPS) is 16.6. The van der Waals surface area contributed by atoms with Gasteiger partial charge in [0, 0.05) is 56.7 Å². The highest BCUT2D eigenvalue weighted by Crippen LogP contribution is 2.17. The molecule has 130 valence electrons. The van der Waals surface area contributed by atoms with Crippen LogP contribution in [-0.2, 0) is 19.6 Å². The van der Waals surface area contributed by atoms with Gasteiger partial charge in [-0.15, -0.1) is 0 Å². The average Bonchev–Trinajstić information content (AvgIpc) is 2.85. The fraction of sp³-hybridized carbons (Fsp3) is 0.556. The van der Waals surface area contributed by atoms with Crippen molar-refractivity contribution in [1.82, 2.24) is 24.6 Å².